The summed E-state index contributed by atoms with van der Waals surface area (Å²) in [6.45, 7) is 6.92. The van der Waals surface area contributed by atoms with Gasteiger partial charge in [0, 0.05) is 24.8 Å². The summed E-state index contributed by atoms with van der Waals surface area (Å²) in [5.74, 6) is -0.0460. The van der Waals surface area contributed by atoms with Crippen LogP contribution in [-0.4, -0.2) is 41.7 Å². The maximum Gasteiger partial charge on any atom is 0.256 e. The molecule has 0 spiro atoms. The Morgan fingerprint density at radius 1 is 1.39 bits per heavy atom. The number of aliphatic hydroxyl groups excluding tert-OH is 1. The molecular weight excluding hydrogens is 228 g/mol. The van der Waals surface area contributed by atoms with Gasteiger partial charge >= 0.3 is 0 Å². The number of nitrogens with zero attached hydrogens (tertiary/aromatic N) is 1. The van der Waals surface area contributed by atoms with Crippen molar-refractivity contribution in [3.05, 3.63) is 29.8 Å². The third-order valence-electron chi connectivity index (χ3n) is 2.64. The number of hydrogen-bond acceptors (Lipinski definition) is 3. The van der Waals surface area contributed by atoms with Crippen LogP contribution in [0.2, 0.25) is 0 Å². The fourth-order valence-corrected chi connectivity index (χ4v) is 1.80. The van der Waals surface area contributed by atoms with E-state index >= 15 is 0 Å². The van der Waals surface area contributed by atoms with Gasteiger partial charge in [-0.2, -0.15) is 0 Å². The molecule has 0 aliphatic rings. The highest BCUT2D eigenvalue weighted by molar-refractivity contribution is 5.99. The van der Waals surface area contributed by atoms with Crippen LogP contribution in [0.4, 0.5) is 5.69 Å². The summed E-state index contributed by atoms with van der Waals surface area (Å²) >= 11 is 0. The molecule has 2 N–H and O–H groups in total. The largest absolute Gasteiger partial charge is 0.395 e. The molecule has 0 atom stereocenters. The SMILES string of the molecule is CCN(CCO)C(=O)c1ccccc1NC(C)C. The van der Waals surface area contributed by atoms with E-state index < -0.39 is 0 Å². The van der Waals surface area contributed by atoms with Crippen molar-refractivity contribution in [3.8, 4) is 0 Å². The van der Waals surface area contributed by atoms with Gasteiger partial charge in [0.15, 0.2) is 0 Å². The molecule has 1 rings (SSSR count). The second-order valence-electron chi connectivity index (χ2n) is 4.45. The molecule has 100 valence electrons. The topological polar surface area (TPSA) is 52.6 Å². The molecule has 1 amide bonds. The average molecular weight is 250 g/mol. The molecule has 18 heavy (non-hydrogen) atoms. The van der Waals surface area contributed by atoms with Crippen LogP contribution in [0.3, 0.4) is 0 Å². The molecule has 0 fully saturated rings. The summed E-state index contributed by atoms with van der Waals surface area (Å²) in [4.78, 5) is 14.0. The average Bonchev–Trinajstić information content (AvgIpc) is 2.35. The minimum absolute atomic E-state index is 0.0145. The summed E-state index contributed by atoms with van der Waals surface area (Å²) in [6.07, 6.45) is 0. The van der Waals surface area contributed by atoms with Gasteiger partial charge in [0.05, 0.1) is 12.2 Å². The zero-order valence-corrected chi connectivity index (χ0v) is 11.3. The van der Waals surface area contributed by atoms with Crippen LogP contribution in [0, 0.1) is 0 Å². The summed E-state index contributed by atoms with van der Waals surface area (Å²) in [5, 5.41) is 12.2. The number of nitrogens with one attached hydrogen (secondary N) is 1. The summed E-state index contributed by atoms with van der Waals surface area (Å²) in [6, 6.07) is 7.74. The maximum absolute atomic E-state index is 12.3. The smallest absolute Gasteiger partial charge is 0.256 e. The number of carbonyl (C=O) groups is 1. The minimum atomic E-state index is -0.0460. The van der Waals surface area contributed by atoms with E-state index in [9.17, 15) is 4.79 Å². The Labute approximate surface area is 109 Å². The Morgan fingerprint density at radius 3 is 2.61 bits per heavy atom. The molecule has 4 nitrogen and oxygen atoms in total. The molecule has 0 heterocycles. The van der Waals surface area contributed by atoms with Crippen molar-refractivity contribution in [1.82, 2.24) is 4.90 Å². The van der Waals surface area contributed by atoms with E-state index in [4.69, 9.17) is 5.11 Å². The van der Waals surface area contributed by atoms with Crippen LogP contribution in [0.1, 0.15) is 31.1 Å². The van der Waals surface area contributed by atoms with Gasteiger partial charge in [0.1, 0.15) is 0 Å². The van der Waals surface area contributed by atoms with Crippen LogP contribution in [-0.2, 0) is 0 Å². The number of amides is 1. The fourth-order valence-electron chi connectivity index (χ4n) is 1.80. The highest BCUT2D eigenvalue weighted by Gasteiger charge is 2.17. The van der Waals surface area contributed by atoms with E-state index in [-0.39, 0.29) is 18.6 Å². The predicted octanol–water partition coefficient (Wildman–Crippen LogP) is 1.96. The first-order valence-electron chi connectivity index (χ1n) is 6.35. The first-order chi connectivity index (χ1) is 8.60. The lowest BCUT2D eigenvalue weighted by atomic mass is 10.1. The monoisotopic (exact) mass is 250 g/mol. The zero-order valence-electron chi connectivity index (χ0n) is 11.3. The van der Waals surface area contributed by atoms with Crippen molar-refractivity contribution >= 4 is 11.6 Å². The van der Waals surface area contributed by atoms with E-state index in [1.807, 2.05) is 45.0 Å². The van der Waals surface area contributed by atoms with E-state index in [2.05, 4.69) is 5.32 Å². The van der Waals surface area contributed by atoms with Gasteiger partial charge in [0.2, 0.25) is 0 Å². The van der Waals surface area contributed by atoms with Gasteiger partial charge in [0.25, 0.3) is 5.91 Å². The van der Waals surface area contributed by atoms with Gasteiger partial charge in [-0.1, -0.05) is 12.1 Å². The Bertz CT molecular complexity index is 391. The van der Waals surface area contributed by atoms with Crippen LogP contribution >= 0.6 is 0 Å². The molecule has 0 aliphatic carbocycles. The molecule has 0 radical (unpaired) electrons. The number of likely N-dealkylation sites (N-methyl/N-ethyl adjacent to an activating group) is 1. The second kappa shape index (κ2) is 7.01. The second-order valence-corrected chi connectivity index (χ2v) is 4.45. The van der Waals surface area contributed by atoms with Crippen LogP contribution in [0.15, 0.2) is 24.3 Å². The first kappa shape index (κ1) is 14.5. The van der Waals surface area contributed by atoms with Crippen molar-refractivity contribution in [1.29, 1.82) is 0 Å². The Morgan fingerprint density at radius 2 is 2.06 bits per heavy atom. The highest BCUT2D eigenvalue weighted by Crippen LogP contribution is 2.18. The quantitative estimate of drug-likeness (QED) is 0.811. The predicted molar refractivity (Wildman–Crippen MR) is 73.9 cm³/mol. The van der Waals surface area contributed by atoms with Crippen molar-refractivity contribution in [2.75, 3.05) is 25.0 Å². The summed E-state index contributed by atoms with van der Waals surface area (Å²) in [7, 11) is 0. The molecule has 0 saturated heterocycles. The van der Waals surface area contributed by atoms with Gasteiger partial charge in [-0.25, -0.2) is 0 Å². The molecule has 0 unspecified atom stereocenters. The molecule has 0 saturated carbocycles. The van der Waals surface area contributed by atoms with E-state index in [1.165, 1.54) is 0 Å². The van der Waals surface area contributed by atoms with Crippen LogP contribution in [0.5, 0.6) is 0 Å². The van der Waals surface area contributed by atoms with Gasteiger partial charge in [-0.15, -0.1) is 0 Å². The fraction of sp³-hybridized carbons (Fsp3) is 0.500. The van der Waals surface area contributed by atoms with Gasteiger partial charge in [-0.3, -0.25) is 4.79 Å². The third-order valence-corrected chi connectivity index (χ3v) is 2.64. The maximum atomic E-state index is 12.3. The van der Waals surface area contributed by atoms with E-state index in [0.29, 0.717) is 18.7 Å². The Balaban J connectivity index is 2.96. The normalized spacial score (nSPS) is 10.5. The number of anilines is 1. The number of para-hydroxylation sites is 1. The number of carbonyl (C=O) groups excluding carboxylic acids is 1. The lowest BCUT2D eigenvalue weighted by Gasteiger charge is -2.22. The minimum Gasteiger partial charge on any atom is -0.395 e. The van der Waals surface area contributed by atoms with Crippen LogP contribution in [0.25, 0.3) is 0 Å². The third kappa shape index (κ3) is 3.74. The molecule has 0 bridgehead atoms. The first-order valence-corrected chi connectivity index (χ1v) is 6.35. The Kier molecular flexibility index (Phi) is 5.65. The number of rotatable bonds is 6. The van der Waals surface area contributed by atoms with Crippen molar-refractivity contribution in [2.24, 2.45) is 0 Å². The molecule has 1 aromatic carbocycles. The lowest BCUT2D eigenvalue weighted by molar-refractivity contribution is 0.0733. The lowest BCUT2D eigenvalue weighted by Crippen LogP contribution is -2.34. The molecular formula is C14H22N2O2. The molecule has 0 aromatic heterocycles. The zero-order chi connectivity index (χ0) is 13.5. The summed E-state index contributed by atoms with van der Waals surface area (Å²) in [5.41, 5.74) is 1.50. The van der Waals surface area contributed by atoms with Crippen molar-refractivity contribution in [3.63, 3.8) is 0 Å². The highest BCUT2D eigenvalue weighted by atomic mass is 16.3. The number of hydrogen-bond donors (Lipinski definition) is 2. The standard InChI is InChI=1S/C14H22N2O2/c1-4-16(9-10-17)14(18)12-7-5-6-8-13(12)15-11(2)3/h5-8,11,15,17H,4,9-10H2,1-3H3. The van der Waals surface area contributed by atoms with Crippen LogP contribution < -0.4 is 5.32 Å². The van der Waals surface area contributed by atoms with Gasteiger partial charge in [-0.05, 0) is 32.9 Å². The molecule has 0 aliphatic heterocycles. The van der Waals surface area contributed by atoms with Crippen molar-refractivity contribution in [2.45, 2.75) is 26.8 Å². The van der Waals surface area contributed by atoms with Crippen molar-refractivity contribution < 1.29 is 9.90 Å². The van der Waals surface area contributed by atoms with E-state index in [1.54, 1.807) is 4.90 Å². The number of aliphatic hydroxyl groups is 1. The number of benzene rings is 1. The Hall–Kier alpha value is -1.55. The van der Waals surface area contributed by atoms with Gasteiger partial charge < -0.3 is 15.3 Å². The van der Waals surface area contributed by atoms with E-state index in [0.717, 1.165) is 5.69 Å². The molecule has 4 heteroatoms. The molecule has 1 aromatic rings. The summed E-state index contributed by atoms with van der Waals surface area (Å²) < 4.78 is 0.